The summed E-state index contributed by atoms with van der Waals surface area (Å²) in [6, 6.07) is 7.84. The van der Waals surface area contributed by atoms with E-state index in [0.29, 0.717) is 19.5 Å². The van der Waals surface area contributed by atoms with Crippen LogP contribution in [-0.2, 0) is 9.59 Å². The zero-order valence-electron chi connectivity index (χ0n) is 11.3. The van der Waals surface area contributed by atoms with Gasteiger partial charge in [-0.1, -0.05) is 17.7 Å². The molecule has 19 heavy (non-hydrogen) atoms. The summed E-state index contributed by atoms with van der Waals surface area (Å²) in [6.07, 6.45) is 0.408. The molecule has 0 aliphatic carbocycles. The number of aryl methyl sites for hydroxylation is 1. The molecule has 0 radical (unpaired) electrons. The predicted molar refractivity (Wildman–Crippen MR) is 74.3 cm³/mol. The smallest absolute Gasteiger partial charge is 0.305 e. The first-order chi connectivity index (χ1) is 9.02. The minimum Gasteiger partial charge on any atom is -0.481 e. The van der Waals surface area contributed by atoms with Crippen LogP contribution in [0.5, 0.6) is 0 Å². The Balaban J connectivity index is 2.70. The molecule has 5 heteroatoms. The minimum absolute atomic E-state index is 0.0487. The molecule has 5 nitrogen and oxygen atoms in total. The van der Waals surface area contributed by atoms with Crippen molar-refractivity contribution >= 4 is 17.6 Å². The highest BCUT2D eigenvalue weighted by atomic mass is 16.4. The summed E-state index contributed by atoms with van der Waals surface area (Å²) in [5, 5.41) is 11.3. The van der Waals surface area contributed by atoms with E-state index in [9.17, 15) is 9.59 Å². The van der Waals surface area contributed by atoms with Crippen molar-refractivity contribution in [3.05, 3.63) is 29.8 Å². The second kappa shape index (κ2) is 7.41. The Morgan fingerprint density at radius 3 is 2.26 bits per heavy atom. The highest BCUT2D eigenvalue weighted by Crippen LogP contribution is 2.15. The number of nitrogens with one attached hydrogen (secondary N) is 1. The van der Waals surface area contributed by atoms with Crippen molar-refractivity contribution in [3.8, 4) is 0 Å². The summed E-state index contributed by atoms with van der Waals surface area (Å²) < 4.78 is 0. The molecule has 1 rings (SSSR count). The maximum absolute atomic E-state index is 11.3. The second-order valence-corrected chi connectivity index (χ2v) is 4.39. The number of hydrogen-bond acceptors (Lipinski definition) is 3. The summed E-state index contributed by atoms with van der Waals surface area (Å²) in [4.78, 5) is 23.9. The van der Waals surface area contributed by atoms with Crippen LogP contribution in [0, 0.1) is 6.92 Å². The molecular weight excluding hydrogens is 244 g/mol. The van der Waals surface area contributed by atoms with Gasteiger partial charge in [-0.25, -0.2) is 0 Å². The number of anilines is 1. The molecule has 1 aromatic rings. The molecule has 0 aliphatic rings. The van der Waals surface area contributed by atoms with E-state index < -0.39 is 5.97 Å². The molecule has 0 atom stereocenters. The SMILES string of the molecule is CNC(=O)CCN(CCC(=O)O)c1ccc(C)cc1. The van der Waals surface area contributed by atoms with Crippen LogP contribution in [-0.4, -0.2) is 37.1 Å². The topological polar surface area (TPSA) is 69.6 Å². The van der Waals surface area contributed by atoms with Crippen molar-refractivity contribution in [1.82, 2.24) is 5.32 Å². The first-order valence-corrected chi connectivity index (χ1v) is 6.27. The van der Waals surface area contributed by atoms with Crippen molar-refractivity contribution in [3.63, 3.8) is 0 Å². The van der Waals surface area contributed by atoms with Gasteiger partial charge in [0, 0.05) is 32.2 Å². The molecule has 0 saturated carbocycles. The Bertz CT molecular complexity index is 429. The Labute approximate surface area is 113 Å². The molecule has 0 heterocycles. The monoisotopic (exact) mass is 264 g/mol. The van der Waals surface area contributed by atoms with Gasteiger partial charge in [0.15, 0.2) is 0 Å². The average Bonchev–Trinajstić information content (AvgIpc) is 2.39. The van der Waals surface area contributed by atoms with Crippen LogP contribution in [0.25, 0.3) is 0 Å². The second-order valence-electron chi connectivity index (χ2n) is 4.39. The van der Waals surface area contributed by atoms with Crippen molar-refractivity contribution in [2.75, 3.05) is 25.0 Å². The molecule has 0 aliphatic heterocycles. The molecule has 0 bridgehead atoms. The minimum atomic E-state index is -0.836. The third-order valence-electron chi connectivity index (χ3n) is 2.88. The van der Waals surface area contributed by atoms with Gasteiger partial charge in [0.25, 0.3) is 0 Å². The van der Waals surface area contributed by atoms with E-state index in [1.807, 2.05) is 36.1 Å². The molecule has 0 saturated heterocycles. The first-order valence-electron chi connectivity index (χ1n) is 6.27. The van der Waals surface area contributed by atoms with E-state index in [0.717, 1.165) is 11.3 Å². The Morgan fingerprint density at radius 2 is 1.74 bits per heavy atom. The Morgan fingerprint density at radius 1 is 1.16 bits per heavy atom. The summed E-state index contributed by atoms with van der Waals surface area (Å²) in [6.45, 7) is 2.90. The Kier molecular flexibility index (Phi) is 5.85. The van der Waals surface area contributed by atoms with Crippen LogP contribution >= 0.6 is 0 Å². The van der Waals surface area contributed by atoms with E-state index >= 15 is 0 Å². The third kappa shape index (κ3) is 5.42. The summed E-state index contributed by atoms with van der Waals surface area (Å²) in [7, 11) is 1.59. The lowest BCUT2D eigenvalue weighted by Crippen LogP contribution is -2.31. The largest absolute Gasteiger partial charge is 0.481 e. The molecule has 0 fully saturated rings. The fourth-order valence-electron chi connectivity index (χ4n) is 1.72. The lowest BCUT2D eigenvalue weighted by molar-refractivity contribution is -0.136. The summed E-state index contributed by atoms with van der Waals surface area (Å²) >= 11 is 0. The quantitative estimate of drug-likeness (QED) is 0.781. The van der Waals surface area contributed by atoms with Crippen LogP contribution in [0.1, 0.15) is 18.4 Å². The van der Waals surface area contributed by atoms with E-state index in [2.05, 4.69) is 5.32 Å². The van der Waals surface area contributed by atoms with Crippen molar-refractivity contribution in [2.24, 2.45) is 0 Å². The van der Waals surface area contributed by atoms with Crippen LogP contribution in [0.2, 0.25) is 0 Å². The standard InChI is InChI=1S/C14H20N2O3/c1-11-3-5-12(6-4-11)16(10-8-14(18)19)9-7-13(17)15-2/h3-6H,7-10H2,1-2H3,(H,15,17)(H,18,19). The third-order valence-corrected chi connectivity index (χ3v) is 2.88. The number of carbonyl (C=O) groups excluding carboxylic acids is 1. The van der Waals surface area contributed by atoms with Gasteiger partial charge >= 0.3 is 5.97 Å². The van der Waals surface area contributed by atoms with Gasteiger partial charge in [0.05, 0.1) is 6.42 Å². The maximum Gasteiger partial charge on any atom is 0.305 e. The number of nitrogens with zero attached hydrogens (tertiary/aromatic N) is 1. The van der Waals surface area contributed by atoms with Crippen LogP contribution in [0.15, 0.2) is 24.3 Å². The van der Waals surface area contributed by atoms with E-state index in [1.54, 1.807) is 7.05 Å². The van der Waals surface area contributed by atoms with Crippen LogP contribution in [0.3, 0.4) is 0 Å². The fraction of sp³-hybridized carbons (Fsp3) is 0.429. The van der Waals surface area contributed by atoms with Gasteiger partial charge in [-0.3, -0.25) is 9.59 Å². The number of benzene rings is 1. The van der Waals surface area contributed by atoms with Gasteiger partial charge in [0.1, 0.15) is 0 Å². The average molecular weight is 264 g/mol. The lowest BCUT2D eigenvalue weighted by atomic mass is 10.2. The fourth-order valence-corrected chi connectivity index (χ4v) is 1.72. The van der Waals surface area contributed by atoms with Crippen LogP contribution in [0.4, 0.5) is 5.69 Å². The predicted octanol–water partition coefficient (Wildman–Crippen LogP) is 1.41. The van der Waals surface area contributed by atoms with E-state index in [4.69, 9.17) is 5.11 Å². The molecule has 0 spiro atoms. The van der Waals surface area contributed by atoms with Crippen molar-refractivity contribution < 1.29 is 14.7 Å². The summed E-state index contributed by atoms with van der Waals surface area (Å²) in [5.74, 6) is -0.885. The van der Waals surface area contributed by atoms with Crippen molar-refractivity contribution in [1.29, 1.82) is 0 Å². The van der Waals surface area contributed by atoms with Gasteiger partial charge in [-0.15, -0.1) is 0 Å². The summed E-state index contributed by atoms with van der Waals surface area (Å²) in [5.41, 5.74) is 2.09. The van der Waals surface area contributed by atoms with E-state index in [-0.39, 0.29) is 12.3 Å². The van der Waals surface area contributed by atoms with Gasteiger partial charge in [-0.2, -0.15) is 0 Å². The highest BCUT2D eigenvalue weighted by Gasteiger charge is 2.10. The molecule has 104 valence electrons. The maximum atomic E-state index is 11.3. The number of carboxylic acid groups (broad SMARTS) is 1. The molecule has 2 N–H and O–H groups in total. The lowest BCUT2D eigenvalue weighted by Gasteiger charge is -2.24. The van der Waals surface area contributed by atoms with Gasteiger partial charge in [0.2, 0.25) is 5.91 Å². The normalized spacial score (nSPS) is 10.0. The number of hydrogen-bond donors (Lipinski definition) is 2. The number of carboxylic acids is 1. The molecule has 1 aromatic carbocycles. The Hall–Kier alpha value is -2.04. The number of rotatable bonds is 7. The number of amides is 1. The van der Waals surface area contributed by atoms with E-state index in [1.165, 1.54) is 0 Å². The molecule has 0 aromatic heterocycles. The zero-order chi connectivity index (χ0) is 14.3. The number of aliphatic carboxylic acids is 1. The molecule has 0 unspecified atom stereocenters. The van der Waals surface area contributed by atoms with Gasteiger partial charge < -0.3 is 15.3 Å². The zero-order valence-corrected chi connectivity index (χ0v) is 11.3. The van der Waals surface area contributed by atoms with Crippen LogP contribution < -0.4 is 10.2 Å². The number of carbonyl (C=O) groups is 2. The molecular formula is C14H20N2O3. The molecule has 1 amide bonds. The first kappa shape index (κ1) is 15.0. The highest BCUT2D eigenvalue weighted by molar-refractivity contribution is 5.76. The van der Waals surface area contributed by atoms with Crippen molar-refractivity contribution in [2.45, 2.75) is 19.8 Å². The van der Waals surface area contributed by atoms with Gasteiger partial charge in [-0.05, 0) is 19.1 Å².